The van der Waals surface area contributed by atoms with Crippen molar-refractivity contribution < 1.29 is 0 Å². The van der Waals surface area contributed by atoms with Gasteiger partial charge in [0.05, 0.1) is 0 Å². The highest BCUT2D eigenvalue weighted by atomic mass is 15.0. The Hall–Kier alpha value is -0.0800. The number of nitrogens with one attached hydrogen (secondary N) is 2. The first kappa shape index (κ1) is 22.0. The van der Waals surface area contributed by atoms with Gasteiger partial charge in [-0.2, -0.15) is 0 Å². The molecule has 1 aliphatic heterocycles. The minimum atomic E-state index is 0.790. The van der Waals surface area contributed by atoms with Gasteiger partial charge in [-0.05, 0) is 38.9 Å². The van der Waals surface area contributed by atoms with Gasteiger partial charge >= 0.3 is 0 Å². The molecule has 0 unspecified atom stereocenters. The van der Waals surface area contributed by atoms with Crippen LogP contribution in [-0.2, 0) is 0 Å². The molecule has 1 heterocycles. The van der Waals surface area contributed by atoms with E-state index in [1.165, 1.54) is 129 Å². The fourth-order valence-electron chi connectivity index (χ4n) is 3.83. The van der Waals surface area contributed by atoms with Crippen LogP contribution >= 0.6 is 0 Å². The molecule has 0 radical (unpaired) electrons. The Kier molecular flexibility index (Phi) is 16.2. The van der Waals surface area contributed by atoms with E-state index >= 15 is 0 Å². The van der Waals surface area contributed by atoms with E-state index in [4.69, 9.17) is 0 Å². The number of rotatable bonds is 17. The van der Waals surface area contributed by atoms with E-state index in [0.717, 1.165) is 6.04 Å². The van der Waals surface area contributed by atoms with Gasteiger partial charge in [-0.15, -0.1) is 0 Å². The third-order valence-corrected chi connectivity index (χ3v) is 5.55. The average Bonchev–Trinajstić information content (AvgIpc) is 2.62. The second kappa shape index (κ2) is 17.7. The zero-order chi connectivity index (χ0) is 17.1. The lowest BCUT2D eigenvalue weighted by molar-refractivity contribution is 0.383. The van der Waals surface area contributed by atoms with Crippen LogP contribution in [0.2, 0.25) is 0 Å². The summed E-state index contributed by atoms with van der Waals surface area (Å²) in [6, 6.07) is 0.790. The van der Waals surface area contributed by atoms with Crippen LogP contribution in [-0.4, -0.2) is 25.7 Å². The van der Waals surface area contributed by atoms with Crippen molar-refractivity contribution in [2.45, 2.75) is 122 Å². The SMILES string of the molecule is CCCCCCCCCCCCCCCCCNC1CCNCC1. The molecule has 0 amide bonds. The highest BCUT2D eigenvalue weighted by Gasteiger charge is 2.10. The van der Waals surface area contributed by atoms with Crippen molar-refractivity contribution in [3.8, 4) is 0 Å². The van der Waals surface area contributed by atoms with E-state index in [9.17, 15) is 0 Å². The van der Waals surface area contributed by atoms with Crippen LogP contribution in [0.4, 0.5) is 0 Å². The Morgan fingerprint density at radius 3 is 1.50 bits per heavy atom. The molecule has 0 atom stereocenters. The van der Waals surface area contributed by atoms with Gasteiger partial charge in [0.15, 0.2) is 0 Å². The molecule has 0 aliphatic carbocycles. The quantitative estimate of drug-likeness (QED) is 0.309. The van der Waals surface area contributed by atoms with E-state index in [1.807, 2.05) is 0 Å². The van der Waals surface area contributed by atoms with Gasteiger partial charge in [-0.25, -0.2) is 0 Å². The summed E-state index contributed by atoms with van der Waals surface area (Å²) in [6.07, 6.45) is 24.4. The number of hydrogen-bond acceptors (Lipinski definition) is 2. The van der Waals surface area contributed by atoms with E-state index in [1.54, 1.807) is 0 Å². The molecule has 0 aromatic carbocycles. The first-order valence-electron chi connectivity index (χ1n) is 11.4. The van der Waals surface area contributed by atoms with Crippen LogP contribution in [0.3, 0.4) is 0 Å². The smallest absolute Gasteiger partial charge is 0.00912 e. The Balaban J connectivity index is 1.66. The molecule has 2 heteroatoms. The van der Waals surface area contributed by atoms with Gasteiger partial charge in [0.1, 0.15) is 0 Å². The first-order chi connectivity index (χ1) is 11.9. The van der Waals surface area contributed by atoms with Crippen molar-refractivity contribution in [1.29, 1.82) is 0 Å². The van der Waals surface area contributed by atoms with E-state index in [2.05, 4.69) is 17.6 Å². The second-order valence-corrected chi connectivity index (χ2v) is 7.93. The number of unbranched alkanes of at least 4 members (excludes halogenated alkanes) is 14. The van der Waals surface area contributed by atoms with Gasteiger partial charge in [0.25, 0.3) is 0 Å². The maximum absolute atomic E-state index is 3.73. The molecule has 144 valence electrons. The van der Waals surface area contributed by atoms with Crippen molar-refractivity contribution in [3.05, 3.63) is 0 Å². The molecule has 24 heavy (non-hydrogen) atoms. The van der Waals surface area contributed by atoms with Crippen LogP contribution < -0.4 is 10.6 Å². The molecular formula is C22H46N2. The maximum Gasteiger partial charge on any atom is 0.00912 e. The molecule has 2 nitrogen and oxygen atoms in total. The van der Waals surface area contributed by atoms with Crippen molar-refractivity contribution >= 4 is 0 Å². The number of hydrogen-bond donors (Lipinski definition) is 2. The van der Waals surface area contributed by atoms with Crippen LogP contribution in [0, 0.1) is 0 Å². The van der Waals surface area contributed by atoms with E-state index in [0.29, 0.717) is 0 Å². The lowest BCUT2D eigenvalue weighted by Crippen LogP contribution is -2.40. The summed E-state index contributed by atoms with van der Waals surface area (Å²) in [6.45, 7) is 5.95. The Bertz CT molecular complexity index is 236. The predicted molar refractivity (Wildman–Crippen MR) is 109 cm³/mol. The first-order valence-corrected chi connectivity index (χ1v) is 11.4. The van der Waals surface area contributed by atoms with Crippen molar-refractivity contribution in [1.82, 2.24) is 10.6 Å². The Morgan fingerprint density at radius 1 is 0.625 bits per heavy atom. The zero-order valence-electron chi connectivity index (χ0n) is 16.7. The fraction of sp³-hybridized carbons (Fsp3) is 1.00. The lowest BCUT2D eigenvalue weighted by Gasteiger charge is -2.23. The average molecular weight is 339 g/mol. The molecule has 0 spiro atoms. The second-order valence-electron chi connectivity index (χ2n) is 7.93. The molecule has 1 saturated heterocycles. The van der Waals surface area contributed by atoms with Crippen LogP contribution in [0.5, 0.6) is 0 Å². The molecule has 0 aromatic heterocycles. The molecule has 1 fully saturated rings. The minimum Gasteiger partial charge on any atom is -0.317 e. The van der Waals surface area contributed by atoms with Gasteiger partial charge in [0, 0.05) is 6.04 Å². The molecule has 0 saturated carbocycles. The lowest BCUT2D eigenvalue weighted by atomic mass is 10.0. The van der Waals surface area contributed by atoms with E-state index < -0.39 is 0 Å². The van der Waals surface area contributed by atoms with Gasteiger partial charge < -0.3 is 10.6 Å². The van der Waals surface area contributed by atoms with Gasteiger partial charge in [0.2, 0.25) is 0 Å². The van der Waals surface area contributed by atoms with Gasteiger partial charge in [-0.3, -0.25) is 0 Å². The third kappa shape index (κ3) is 14.3. The Labute approximate surface area is 152 Å². The molecule has 1 aliphatic rings. The predicted octanol–water partition coefficient (Wildman–Crippen LogP) is 6.20. The van der Waals surface area contributed by atoms with Crippen molar-refractivity contribution in [2.24, 2.45) is 0 Å². The highest BCUT2D eigenvalue weighted by molar-refractivity contribution is 4.73. The van der Waals surface area contributed by atoms with Crippen LogP contribution in [0.15, 0.2) is 0 Å². The molecule has 0 aromatic rings. The van der Waals surface area contributed by atoms with Crippen molar-refractivity contribution in [2.75, 3.05) is 19.6 Å². The van der Waals surface area contributed by atoms with E-state index in [-0.39, 0.29) is 0 Å². The summed E-state index contributed by atoms with van der Waals surface area (Å²) in [4.78, 5) is 0. The summed E-state index contributed by atoms with van der Waals surface area (Å²) in [7, 11) is 0. The molecular weight excluding hydrogens is 292 g/mol. The third-order valence-electron chi connectivity index (χ3n) is 5.55. The van der Waals surface area contributed by atoms with Crippen LogP contribution in [0.1, 0.15) is 116 Å². The monoisotopic (exact) mass is 338 g/mol. The number of piperidine rings is 1. The normalized spacial score (nSPS) is 15.9. The summed E-state index contributed by atoms with van der Waals surface area (Å²) in [5, 5.41) is 7.16. The summed E-state index contributed by atoms with van der Waals surface area (Å²) in [5.74, 6) is 0. The minimum absolute atomic E-state index is 0.790. The highest BCUT2D eigenvalue weighted by Crippen LogP contribution is 2.13. The zero-order valence-corrected chi connectivity index (χ0v) is 16.7. The largest absolute Gasteiger partial charge is 0.317 e. The summed E-state index contributed by atoms with van der Waals surface area (Å²) >= 11 is 0. The topological polar surface area (TPSA) is 24.1 Å². The van der Waals surface area contributed by atoms with Gasteiger partial charge in [-0.1, -0.05) is 96.8 Å². The van der Waals surface area contributed by atoms with Crippen molar-refractivity contribution in [3.63, 3.8) is 0 Å². The molecule has 1 rings (SSSR count). The molecule has 2 N–H and O–H groups in total. The van der Waals surface area contributed by atoms with Crippen LogP contribution in [0.25, 0.3) is 0 Å². The maximum atomic E-state index is 3.73. The summed E-state index contributed by atoms with van der Waals surface area (Å²) < 4.78 is 0. The standard InChI is InChI=1S/C22H46N2/c1-2-3-4-5-6-7-8-9-10-11-12-13-14-15-16-19-24-22-17-20-23-21-18-22/h22-24H,2-21H2,1H3. The Morgan fingerprint density at radius 2 is 1.04 bits per heavy atom. The fourth-order valence-corrected chi connectivity index (χ4v) is 3.83. The summed E-state index contributed by atoms with van der Waals surface area (Å²) in [5.41, 5.74) is 0. The molecule has 0 bridgehead atoms.